The molecule has 1 aliphatic heterocycles. The zero-order valence-corrected chi connectivity index (χ0v) is 12.1. The van der Waals surface area contributed by atoms with Crippen molar-refractivity contribution in [3.8, 4) is 0 Å². The maximum absolute atomic E-state index is 12.6. The molecule has 1 aromatic rings. The first-order chi connectivity index (χ1) is 10.1. The number of rotatable bonds is 2. The van der Waals surface area contributed by atoms with Gasteiger partial charge in [-0.05, 0) is 31.4 Å². The first kappa shape index (κ1) is 14.3. The van der Waals surface area contributed by atoms with E-state index in [2.05, 4.69) is 10.4 Å². The first-order valence-electron chi connectivity index (χ1n) is 7.58. The Labute approximate surface area is 124 Å². The number of nitrogens with two attached hydrogens (primary N) is 1. The quantitative estimate of drug-likeness (QED) is 0.561. The average Bonchev–Trinajstić information content (AvgIpc) is 2.53. The molecule has 2 aliphatic rings. The molecular weight excluding hydrogens is 268 g/mol. The molecule has 1 saturated heterocycles. The maximum Gasteiger partial charge on any atom is 0.272 e. The Morgan fingerprint density at radius 3 is 3.10 bits per heavy atom. The lowest BCUT2D eigenvalue weighted by atomic mass is 9.71. The predicted octanol–water partition coefficient (Wildman–Crippen LogP) is 1.13. The number of likely N-dealkylation sites (tertiary alicyclic amines) is 1. The van der Waals surface area contributed by atoms with Crippen LogP contribution in [0.4, 0.5) is 5.82 Å². The van der Waals surface area contributed by atoms with Crippen molar-refractivity contribution in [1.29, 1.82) is 0 Å². The standard InChI is InChI=1S/C15H22N4O2/c16-18-13-6-3-5-12(17-13)14(20)19-9-8-15(21)7-2-1-4-11(15)10-19/h3,5-6,11,21H,1-2,4,7-10,16H2,(H,17,18). The second-order valence-corrected chi connectivity index (χ2v) is 6.10. The molecule has 1 aliphatic carbocycles. The third kappa shape index (κ3) is 2.73. The van der Waals surface area contributed by atoms with Gasteiger partial charge in [0.2, 0.25) is 0 Å². The summed E-state index contributed by atoms with van der Waals surface area (Å²) in [5, 5.41) is 10.7. The van der Waals surface area contributed by atoms with Crippen LogP contribution in [0.3, 0.4) is 0 Å². The Hall–Kier alpha value is -1.66. The van der Waals surface area contributed by atoms with Crippen molar-refractivity contribution < 1.29 is 9.90 Å². The summed E-state index contributed by atoms with van der Waals surface area (Å²) < 4.78 is 0. The molecule has 1 amide bonds. The van der Waals surface area contributed by atoms with E-state index in [-0.39, 0.29) is 11.8 Å². The van der Waals surface area contributed by atoms with E-state index in [9.17, 15) is 9.90 Å². The minimum atomic E-state index is -0.566. The van der Waals surface area contributed by atoms with Crippen LogP contribution in [0.2, 0.25) is 0 Å². The van der Waals surface area contributed by atoms with Crippen molar-refractivity contribution in [3.05, 3.63) is 23.9 Å². The van der Waals surface area contributed by atoms with Crippen LogP contribution in [0.15, 0.2) is 18.2 Å². The van der Waals surface area contributed by atoms with E-state index in [1.807, 2.05) is 4.90 Å². The van der Waals surface area contributed by atoms with Gasteiger partial charge in [0.25, 0.3) is 5.91 Å². The molecule has 3 rings (SSSR count). The molecule has 1 saturated carbocycles. The van der Waals surface area contributed by atoms with Crippen molar-refractivity contribution in [3.63, 3.8) is 0 Å². The summed E-state index contributed by atoms with van der Waals surface area (Å²) >= 11 is 0. The summed E-state index contributed by atoms with van der Waals surface area (Å²) in [7, 11) is 0. The second kappa shape index (κ2) is 5.61. The number of hydrazine groups is 1. The highest BCUT2D eigenvalue weighted by molar-refractivity contribution is 5.92. The minimum Gasteiger partial charge on any atom is -0.389 e. The highest BCUT2D eigenvalue weighted by Gasteiger charge is 2.43. The summed E-state index contributed by atoms with van der Waals surface area (Å²) in [6.07, 6.45) is 4.76. The molecule has 21 heavy (non-hydrogen) atoms. The lowest BCUT2D eigenvalue weighted by Crippen LogP contribution is -2.54. The topological polar surface area (TPSA) is 91.5 Å². The van der Waals surface area contributed by atoms with Crippen LogP contribution < -0.4 is 11.3 Å². The van der Waals surface area contributed by atoms with Crippen molar-refractivity contribution in [2.75, 3.05) is 18.5 Å². The van der Waals surface area contributed by atoms with Crippen LogP contribution in [0.1, 0.15) is 42.6 Å². The van der Waals surface area contributed by atoms with Crippen molar-refractivity contribution in [2.45, 2.75) is 37.7 Å². The number of carbonyl (C=O) groups is 1. The molecule has 114 valence electrons. The van der Waals surface area contributed by atoms with Crippen molar-refractivity contribution in [1.82, 2.24) is 9.88 Å². The van der Waals surface area contributed by atoms with Crippen LogP contribution in [0, 0.1) is 5.92 Å². The van der Waals surface area contributed by atoms with Crippen LogP contribution in [0.25, 0.3) is 0 Å². The number of hydrogen-bond donors (Lipinski definition) is 3. The normalized spacial score (nSPS) is 28.9. The zero-order valence-electron chi connectivity index (χ0n) is 12.1. The molecule has 2 unspecified atom stereocenters. The van der Waals surface area contributed by atoms with Gasteiger partial charge in [-0.25, -0.2) is 10.8 Å². The molecule has 0 aromatic carbocycles. The van der Waals surface area contributed by atoms with E-state index >= 15 is 0 Å². The van der Waals surface area contributed by atoms with E-state index < -0.39 is 5.60 Å². The maximum atomic E-state index is 12.6. The number of nitrogens with one attached hydrogen (secondary N) is 1. The highest BCUT2D eigenvalue weighted by atomic mass is 16.3. The van der Waals surface area contributed by atoms with Gasteiger partial charge in [-0.1, -0.05) is 18.9 Å². The lowest BCUT2D eigenvalue weighted by Gasteiger charge is -2.47. The van der Waals surface area contributed by atoms with E-state index in [0.29, 0.717) is 31.0 Å². The number of aliphatic hydroxyl groups is 1. The second-order valence-electron chi connectivity index (χ2n) is 6.10. The van der Waals surface area contributed by atoms with Crippen LogP contribution in [0.5, 0.6) is 0 Å². The van der Waals surface area contributed by atoms with Gasteiger partial charge in [0.05, 0.1) is 5.60 Å². The number of hydrogen-bond acceptors (Lipinski definition) is 5. The van der Waals surface area contributed by atoms with Crippen molar-refractivity contribution in [2.24, 2.45) is 11.8 Å². The number of piperidine rings is 1. The number of fused-ring (bicyclic) bond motifs is 1. The monoisotopic (exact) mass is 290 g/mol. The fraction of sp³-hybridized carbons (Fsp3) is 0.600. The third-order valence-corrected chi connectivity index (χ3v) is 4.83. The molecule has 0 spiro atoms. The Morgan fingerprint density at radius 2 is 2.29 bits per heavy atom. The van der Waals surface area contributed by atoms with Crippen molar-refractivity contribution >= 4 is 11.7 Å². The van der Waals surface area contributed by atoms with E-state index in [0.717, 1.165) is 25.7 Å². The Balaban J connectivity index is 1.74. The molecular formula is C15H22N4O2. The lowest BCUT2D eigenvalue weighted by molar-refractivity contribution is -0.0886. The largest absolute Gasteiger partial charge is 0.389 e. The molecule has 2 heterocycles. The number of amides is 1. The van der Waals surface area contributed by atoms with Crippen LogP contribution in [-0.2, 0) is 0 Å². The number of nitrogens with zero attached hydrogens (tertiary/aromatic N) is 2. The Kier molecular flexibility index (Phi) is 3.82. The van der Waals surface area contributed by atoms with Gasteiger partial charge in [-0.2, -0.15) is 0 Å². The molecule has 2 atom stereocenters. The SMILES string of the molecule is NNc1cccc(C(=O)N2CCC3(O)CCCCC3C2)n1. The number of carbonyl (C=O) groups excluding carboxylic acids is 1. The predicted molar refractivity (Wildman–Crippen MR) is 79.5 cm³/mol. The number of aromatic nitrogens is 1. The highest BCUT2D eigenvalue weighted by Crippen LogP contribution is 2.39. The summed E-state index contributed by atoms with van der Waals surface area (Å²) in [4.78, 5) is 18.6. The Morgan fingerprint density at radius 1 is 1.43 bits per heavy atom. The van der Waals surface area contributed by atoms with Gasteiger partial charge in [-0.3, -0.25) is 4.79 Å². The molecule has 0 radical (unpaired) electrons. The van der Waals surface area contributed by atoms with Gasteiger partial charge in [-0.15, -0.1) is 0 Å². The third-order valence-electron chi connectivity index (χ3n) is 4.83. The Bertz CT molecular complexity index is 536. The molecule has 6 nitrogen and oxygen atoms in total. The average molecular weight is 290 g/mol. The number of anilines is 1. The summed E-state index contributed by atoms with van der Waals surface area (Å²) in [6.45, 7) is 1.21. The molecule has 4 N–H and O–H groups in total. The van der Waals surface area contributed by atoms with Gasteiger partial charge < -0.3 is 15.4 Å². The number of pyridine rings is 1. The van der Waals surface area contributed by atoms with Gasteiger partial charge >= 0.3 is 0 Å². The fourth-order valence-corrected chi connectivity index (χ4v) is 3.55. The summed E-state index contributed by atoms with van der Waals surface area (Å²) in [5.41, 5.74) is 2.28. The fourth-order valence-electron chi connectivity index (χ4n) is 3.55. The van der Waals surface area contributed by atoms with E-state index in [1.165, 1.54) is 0 Å². The zero-order chi connectivity index (χ0) is 14.9. The molecule has 6 heteroatoms. The molecule has 2 fully saturated rings. The molecule has 0 bridgehead atoms. The number of nitrogen functional groups attached to an aromatic ring is 1. The van der Waals surface area contributed by atoms with Gasteiger partial charge in [0.15, 0.2) is 0 Å². The van der Waals surface area contributed by atoms with Gasteiger partial charge in [0, 0.05) is 19.0 Å². The van der Waals surface area contributed by atoms with Crippen LogP contribution in [-0.4, -0.2) is 39.6 Å². The van der Waals surface area contributed by atoms with Gasteiger partial charge in [0.1, 0.15) is 11.5 Å². The van der Waals surface area contributed by atoms with E-state index in [4.69, 9.17) is 5.84 Å². The summed E-state index contributed by atoms with van der Waals surface area (Å²) in [5.74, 6) is 5.92. The minimum absolute atomic E-state index is 0.0836. The first-order valence-corrected chi connectivity index (χ1v) is 7.58. The van der Waals surface area contributed by atoms with Crippen LogP contribution >= 0.6 is 0 Å². The summed E-state index contributed by atoms with van der Waals surface area (Å²) in [6, 6.07) is 5.17. The molecule has 1 aromatic heterocycles. The smallest absolute Gasteiger partial charge is 0.272 e. The van der Waals surface area contributed by atoms with E-state index in [1.54, 1.807) is 18.2 Å².